The fraction of sp³-hybridized carbons (Fsp3) is 0.417. The van der Waals surface area contributed by atoms with E-state index in [0.717, 1.165) is 41.8 Å². The monoisotopic (exact) mass is 508 g/mol. The molecule has 0 saturated carbocycles. The fourth-order valence-corrected chi connectivity index (χ4v) is 5.08. The number of primary amides is 1. The number of aromatic amines is 1. The Hall–Kier alpha value is -4.42. The van der Waals surface area contributed by atoms with Crippen LogP contribution in [0.25, 0.3) is 11.2 Å². The van der Waals surface area contributed by atoms with Gasteiger partial charge in [0, 0.05) is 25.2 Å². The molecule has 37 heavy (non-hydrogen) atoms. The van der Waals surface area contributed by atoms with Crippen molar-refractivity contribution < 1.29 is 24.2 Å². The summed E-state index contributed by atoms with van der Waals surface area (Å²) >= 11 is 0. The average molecular weight is 509 g/mol. The molecule has 4 heterocycles. The molecule has 2 aromatic heterocycles. The van der Waals surface area contributed by atoms with Gasteiger partial charge in [0.15, 0.2) is 11.5 Å². The Morgan fingerprint density at radius 2 is 2.11 bits per heavy atom. The van der Waals surface area contributed by atoms with Gasteiger partial charge >= 0.3 is 6.09 Å². The topological polar surface area (TPSA) is 180 Å². The molecule has 1 saturated heterocycles. The Kier molecular flexibility index (Phi) is 6.75. The van der Waals surface area contributed by atoms with Crippen molar-refractivity contribution in [3.8, 4) is 5.75 Å². The number of imidazole rings is 1. The Bertz CT molecular complexity index is 1310. The summed E-state index contributed by atoms with van der Waals surface area (Å²) in [5, 5.41) is 11.2. The summed E-state index contributed by atoms with van der Waals surface area (Å²) < 4.78 is 6.32. The maximum Gasteiger partial charge on any atom is 0.405 e. The highest BCUT2D eigenvalue weighted by Gasteiger charge is 2.32. The standard InChI is InChI=1S/C24H28N8O5/c25-19(33)9-17(30-24(35)36)23(34)31-8-6-14-3-1-5-18(16(14)10-31)37-11-15-4-2-7-32(15)22-20-21(27-12-26-20)28-13-29-22/h1,3,5,12-13,15,17,30H,2,4,6-11H2,(H2,25,33)(H,35,36)(H,26,27,28,29)/t15?,17-/m1/s1. The third kappa shape index (κ3) is 5.10. The minimum Gasteiger partial charge on any atom is -0.491 e. The minimum atomic E-state index is -1.39. The molecule has 5 N–H and O–H groups in total. The number of carbonyl (C=O) groups is 3. The molecule has 2 aliphatic heterocycles. The van der Waals surface area contributed by atoms with E-state index in [1.165, 1.54) is 11.2 Å². The van der Waals surface area contributed by atoms with Gasteiger partial charge < -0.3 is 35.7 Å². The number of rotatable bonds is 8. The summed E-state index contributed by atoms with van der Waals surface area (Å²) in [6.07, 6.45) is 3.85. The van der Waals surface area contributed by atoms with Crippen LogP contribution in [0.5, 0.6) is 5.75 Å². The molecule has 194 valence electrons. The van der Waals surface area contributed by atoms with E-state index in [9.17, 15) is 14.4 Å². The van der Waals surface area contributed by atoms with Gasteiger partial charge in [-0.1, -0.05) is 12.1 Å². The predicted octanol–water partition coefficient (Wildman–Crippen LogP) is 0.797. The van der Waals surface area contributed by atoms with Gasteiger partial charge in [-0.05, 0) is 30.9 Å². The van der Waals surface area contributed by atoms with Crippen LogP contribution in [0.2, 0.25) is 0 Å². The Balaban J connectivity index is 1.31. The van der Waals surface area contributed by atoms with E-state index in [4.69, 9.17) is 15.6 Å². The van der Waals surface area contributed by atoms with Crippen LogP contribution in [0.1, 0.15) is 30.4 Å². The van der Waals surface area contributed by atoms with Gasteiger partial charge in [-0.2, -0.15) is 0 Å². The van der Waals surface area contributed by atoms with Crippen molar-refractivity contribution in [2.75, 3.05) is 24.6 Å². The molecule has 3 amide bonds. The van der Waals surface area contributed by atoms with Crippen LogP contribution in [-0.4, -0.2) is 79.6 Å². The van der Waals surface area contributed by atoms with E-state index in [1.54, 1.807) is 6.33 Å². The van der Waals surface area contributed by atoms with E-state index >= 15 is 0 Å². The molecule has 3 aromatic rings. The first-order valence-electron chi connectivity index (χ1n) is 12.1. The molecular weight excluding hydrogens is 480 g/mol. The highest BCUT2D eigenvalue weighted by molar-refractivity contribution is 5.90. The number of hydrogen-bond acceptors (Lipinski definition) is 8. The largest absolute Gasteiger partial charge is 0.491 e. The zero-order chi connectivity index (χ0) is 25.9. The lowest BCUT2D eigenvalue weighted by Crippen LogP contribution is -2.51. The van der Waals surface area contributed by atoms with Crippen molar-refractivity contribution in [2.45, 2.75) is 44.3 Å². The lowest BCUT2D eigenvalue weighted by atomic mass is 9.98. The predicted molar refractivity (Wildman–Crippen MR) is 132 cm³/mol. The van der Waals surface area contributed by atoms with Gasteiger partial charge in [0.25, 0.3) is 0 Å². The number of aromatic nitrogens is 4. The molecule has 1 aromatic carbocycles. The number of hydrogen-bond donors (Lipinski definition) is 4. The van der Waals surface area contributed by atoms with Gasteiger partial charge in [-0.3, -0.25) is 9.59 Å². The summed E-state index contributed by atoms with van der Waals surface area (Å²) in [5.74, 6) is 0.198. The van der Waals surface area contributed by atoms with Crippen LogP contribution in [-0.2, 0) is 22.6 Å². The summed E-state index contributed by atoms with van der Waals surface area (Å²) in [5.41, 5.74) is 8.58. The number of carbonyl (C=O) groups excluding carboxylic acids is 2. The zero-order valence-corrected chi connectivity index (χ0v) is 20.1. The van der Waals surface area contributed by atoms with Crippen LogP contribution in [0.15, 0.2) is 30.9 Å². The molecule has 1 unspecified atom stereocenters. The third-order valence-corrected chi connectivity index (χ3v) is 6.82. The number of anilines is 1. The van der Waals surface area contributed by atoms with Gasteiger partial charge in [0.05, 0.1) is 18.8 Å². The van der Waals surface area contributed by atoms with Gasteiger partial charge in [-0.25, -0.2) is 19.7 Å². The first-order chi connectivity index (χ1) is 17.9. The zero-order valence-electron chi connectivity index (χ0n) is 20.1. The number of amides is 3. The second-order valence-corrected chi connectivity index (χ2v) is 9.17. The van der Waals surface area contributed by atoms with Crippen molar-refractivity contribution >= 4 is 34.9 Å². The van der Waals surface area contributed by atoms with Crippen LogP contribution < -0.4 is 20.7 Å². The molecule has 0 aliphatic carbocycles. The number of carboxylic acid groups (broad SMARTS) is 1. The molecule has 0 radical (unpaired) electrons. The van der Waals surface area contributed by atoms with E-state index in [0.29, 0.717) is 31.0 Å². The van der Waals surface area contributed by atoms with Gasteiger partial charge in [0.1, 0.15) is 30.2 Å². The molecule has 2 atom stereocenters. The van der Waals surface area contributed by atoms with Crippen molar-refractivity contribution in [1.29, 1.82) is 0 Å². The lowest BCUT2D eigenvalue weighted by molar-refractivity contribution is -0.136. The van der Waals surface area contributed by atoms with Gasteiger partial charge in [0.2, 0.25) is 11.8 Å². The number of nitrogens with one attached hydrogen (secondary N) is 2. The molecule has 0 spiro atoms. The Labute approximate surface area is 212 Å². The number of benzene rings is 1. The molecule has 2 aliphatic rings. The molecule has 13 nitrogen and oxygen atoms in total. The maximum absolute atomic E-state index is 13.1. The van der Waals surface area contributed by atoms with Crippen LogP contribution in [0.3, 0.4) is 0 Å². The van der Waals surface area contributed by atoms with Crippen molar-refractivity contribution in [2.24, 2.45) is 5.73 Å². The van der Waals surface area contributed by atoms with Crippen molar-refractivity contribution in [1.82, 2.24) is 30.2 Å². The SMILES string of the molecule is NC(=O)C[C@@H](NC(=O)O)C(=O)N1CCc2cccc(OCC3CCCN3c3ncnc4[nH]cnc34)c2C1. The summed E-state index contributed by atoms with van der Waals surface area (Å²) in [4.78, 5) is 55.5. The quantitative estimate of drug-likeness (QED) is 0.342. The lowest BCUT2D eigenvalue weighted by Gasteiger charge is -2.33. The van der Waals surface area contributed by atoms with E-state index in [1.807, 2.05) is 18.2 Å². The van der Waals surface area contributed by atoms with E-state index in [2.05, 4.69) is 30.2 Å². The second kappa shape index (κ2) is 10.3. The molecule has 1 fully saturated rings. The summed E-state index contributed by atoms with van der Waals surface area (Å²) in [6.45, 7) is 1.90. The van der Waals surface area contributed by atoms with Crippen LogP contribution >= 0.6 is 0 Å². The van der Waals surface area contributed by atoms with Crippen molar-refractivity contribution in [3.05, 3.63) is 42.0 Å². The van der Waals surface area contributed by atoms with Crippen molar-refractivity contribution in [3.63, 3.8) is 0 Å². The summed E-state index contributed by atoms with van der Waals surface area (Å²) in [6, 6.07) is 4.66. The van der Waals surface area contributed by atoms with Gasteiger partial charge in [-0.15, -0.1) is 0 Å². The first-order valence-corrected chi connectivity index (χ1v) is 12.1. The Morgan fingerprint density at radius 1 is 1.24 bits per heavy atom. The second-order valence-electron chi connectivity index (χ2n) is 9.17. The number of fused-ring (bicyclic) bond motifs is 2. The van der Waals surface area contributed by atoms with E-state index in [-0.39, 0.29) is 12.6 Å². The van der Waals surface area contributed by atoms with Crippen LogP contribution in [0.4, 0.5) is 10.6 Å². The number of nitrogens with zero attached hydrogens (tertiary/aromatic N) is 5. The maximum atomic E-state index is 13.1. The molecule has 0 bridgehead atoms. The smallest absolute Gasteiger partial charge is 0.405 e. The number of H-pyrrole nitrogens is 1. The van der Waals surface area contributed by atoms with E-state index < -0.39 is 30.4 Å². The summed E-state index contributed by atoms with van der Waals surface area (Å²) in [7, 11) is 0. The number of nitrogens with two attached hydrogens (primary N) is 1. The highest BCUT2D eigenvalue weighted by Crippen LogP contribution is 2.31. The normalized spacial score (nSPS) is 17.9. The highest BCUT2D eigenvalue weighted by atomic mass is 16.5. The first kappa shape index (κ1) is 24.3. The minimum absolute atomic E-state index is 0.0895. The number of ether oxygens (including phenoxy) is 1. The molecule has 13 heteroatoms. The molecular formula is C24H28N8O5. The Morgan fingerprint density at radius 3 is 2.92 bits per heavy atom. The average Bonchev–Trinajstić information content (AvgIpc) is 3.55. The van der Waals surface area contributed by atoms with Crippen LogP contribution in [0, 0.1) is 0 Å². The molecule has 5 rings (SSSR count). The third-order valence-electron chi connectivity index (χ3n) is 6.82. The fourth-order valence-electron chi connectivity index (χ4n) is 5.08.